The third kappa shape index (κ3) is 2.77. The molecule has 1 nitrogen and oxygen atoms in total. The standard InChI is InChI=1S/C11H15F2N/c1-11(2,7-14)6-8-3-4-9(12)10(13)5-8/h3-5H,6-7,14H2,1-2H3. The molecule has 0 aliphatic carbocycles. The lowest BCUT2D eigenvalue weighted by atomic mass is 9.86. The fourth-order valence-electron chi connectivity index (χ4n) is 1.27. The number of hydrogen-bond acceptors (Lipinski definition) is 1. The zero-order valence-corrected chi connectivity index (χ0v) is 8.48. The Bertz CT molecular complexity index is 321. The van der Waals surface area contributed by atoms with Crippen molar-refractivity contribution in [3.8, 4) is 0 Å². The van der Waals surface area contributed by atoms with E-state index in [0.29, 0.717) is 13.0 Å². The Kier molecular flexibility index (Phi) is 3.21. The van der Waals surface area contributed by atoms with E-state index in [4.69, 9.17) is 5.73 Å². The molecule has 0 aliphatic heterocycles. The van der Waals surface area contributed by atoms with E-state index in [2.05, 4.69) is 0 Å². The van der Waals surface area contributed by atoms with E-state index in [9.17, 15) is 8.78 Å². The summed E-state index contributed by atoms with van der Waals surface area (Å²) >= 11 is 0. The first kappa shape index (κ1) is 11.1. The van der Waals surface area contributed by atoms with E-state index in [1.54, 1.807) is 6.07 Å². The van der Waals surface area contributed by atoms with Gasteiger partial charge in [-0.2, -0.15) is 0 Å². The molecule has 0 saturated heterocycles. The minimum absolute atomic E-state index is 0.0791. The van der Waals surface area contributed by atoms with E-state index >= 15 is 0 Å². The van der Waals surface area contributed by atoms with Gasteiger partial charge in [-0.05, 0) is 36.1 Å². The molecule has 3 heteroatoms. The van der Waals surface area contributed by atoms with Crippen molar-refractivity contribution in [1.82, 2.24) is 0 Å². The first-order valence-electron chi connectivity index (χ1n) is 4.58. The van der Waals surface area contributed by atoms with Gasteiger partial charge in [0, 0.05) is 0 Å². The maximum Gasteiger partial charge on any atom is 0.159 e. The molecular weight excluding hydrogens is 184 g/mol. The van der Waals surface area contributed by atoms with Crippen LogP contribution < -0.4 is 5.73 Å². The first-order chi connectivity index (χ1) is 6.44. The van der Waals surface area contributed by atoms with Gasteiger partial charge in [0.15, 0.2) is 11.6 Å². The van der Waals surface area contributed by atoms with Crippen LogP contribution in [0.4, 0.5) is 8.78 Å². The number of nitrogens with two attached hydrogens (primary N) is 1. The van der Waals surface area contributed by atoms with Gasteiger partial charge in [-0.1, -0.05) is 19.9 Å². The van der Waals surface area contributed by atoms with Gasteiger partial charge in [-0.3, -0.25) is 0 Å². The molecule has 2 N–H and O–H groups in total. The molecule has 1 aromatic rings. The fourth-order valence-corrected chi connectivity index (χ4v) is 1.27. The predicted molar refractivity (Wildman–Crippen MR) is 52.9 cm³/mol. The molecule has 0 heterocycles. The normalized spacial score (nSPS) is 11.8. The highest BCUT2D eigenvalue weighted by Crippen LogP contribution is 2.21. The summed E-state index contributed by atoms with van der Waals surface area (Å²) in [6, 6.07) is 3.97. The molecule has 0 aliphatic rings. The number of halogens is 2. The molecule has 0 amide bonds. The molecule has 1 aromatic carbocycles. The van der Waals surface area contributed by atoms with Crippen LogP contribution in [-0.4, -0.2) is 6.54 Å². The van der Waals surface area contributed by atoms with E-state index < -0.39 is 11.6 Å². The van der Waals surface area contributed by atoms with Crippen LogP contribution in [0, 0.1) is 17.0 Å². The van der Waals surface area contributed by atoms with Crippen molar-refractivity contribution in [2.24, 2.45) is 11.1 Å². The van der Waals surface area contributed by atoms with Gasteiger partial charge in [0.25, 0.3) is 0 Å². The van der Waals surface area contributed by atoms with E-state index in [1.807, 2.05) is 13.8 Å². The molecule has 0 aromatic heterocycles. The van der Waals surface area contributed by atoms with Gasteiger partial charge in [0.2, 0.25) is 0 Å². The van der Waals surface area contributed by atoms with Gasteiger partial charge < -0.3 is 5.73 Å². The summed E-state index contributed by atoms with van der Waals surface area (Å²) in [5, 5.41) is 0. The van der Waals surface area contributed by atoms with Crippen LogP contribution in [0.2, 0.25) is 0 Å². The van der Waals surface area contributed by atoms with Gasteiger partial charge in [-0.15, -0.1) is 0 Å². The second-order valence-electron chi connectivity index (χ2n) is 4.29. The lowest BCUT2D eigenvalue weighted by molar-refractivity contribution is 0.375. The Morgan fingerprint density at radius 2 is 1.86 bits per heavy atom. The zero-order chi connectivity index (χ0) is 10.8. The molecule has 78 valence electrons. The monoisotopic (exact) mass is 199 g/mol. The van der Waals surface area contributed by atoms with Crippen LogP contribution >= 0.6 is 0 Å². The van der Waals surface area contributed by atoms with Crippen LogP contribution in [-0.2, 0) is 6.42 Å². The average molecular weight is 199 g/mol. The summed E-state index contributed by atoms with van der Waals surface area (Å²) in [6.07, 6.45) is 0.653. The predicted octanol–water partition coefficient (Wildman–Crippen LogP) is 2.49. The van der Waals surface area contributed by atoms with Crippen LogP contribution in [0.25, 0.3) is 0 Å². The Labute approximate surface area is 82.9 Å². The summed E-state index contributed by atoms with van der Waals surface area (Å²) in [5.41, 5.74) is 6.25. The number of benzene rings is 1. The molecule has 0 bridgehead atoms. The van der Waals surface area contributed by atoms with E-state index in [1.165, 1.54) is 6.07 Å². The Balaban J connectivity index is 2.83. The molecular formula is C11H15F2N. The second kappa shape index (κ2) is 4.05. The van der Waals surface area contributed by atoms with Crippen LogP contribution in [0.1, 0.15) is 19.4 Å². The topological polar surface area (TPSA) is 26.0 Å². The number of hydrogen-bond donors (Lipinski definition) is 1. The molecule has 0 atom stereocenters. The van der Waals surface area contributed by atoms with Gasteiger partial charge in [0.05, 0.1) is 0 Å². The molecule has 0 unspecified atom stereocenters. The van der Waals surface area contributed by atoms with Gasteiger partial charge in [-0.25, -0.2) is 8.78 Å². The third-order valence-corrected chi connectivity index (χ3v) is 2.22. The summed E-state index contributed by atoms with van der Waals surface area (Å²) in [5.74, 6) is -1.60. The van der Waals surface area contributed by atoms with Crippen LogP contribution in [0.5, 0.6) is 0 Å². The summed E-state index contributed by atoms with van der Waals surface area (Å²) in [6.45, 7) is 4.51. The largest absolute Gasteiger partial charge is 0.330 e. The molecule has 0 fully saturated rings. The lowest BCUT2D eigenvalue weighted by Gasteiger charge is -2.22. The van der Waals surface area contributed by atoms with Crippen molar-refractivity contribution in [3.63, 3.8) is 0 Å². The maximum atomic E-state index is 12.9. The van der Waals surface area contributed by atoms with Crippen LogP contribution in [0.3, 0.4) is 0 Å². The van der Waals surface area contributed by atoms with Crippen molar-refractivity contribution in [2.45, 2.75) is 20.3 Å². The van der Waals surface area contributed by atoms with Gasteiger partial charge in [0.1, 0.15) is 0 Å². The highest BCUT2D eigenvalue weighted by molar-refractivity contribution is 5.19. The van der Waals surface area contributed by atoms with Crippen LogP contribution in [0.15, 0.2) is 18.2 Å². The maximum absolute atomic E-state index is 12.9. The smallest absolute Gasteiger partial charge is 0.159 e. The summed E-state index contributed by atoms with van der Waals surface area (Å²) in [4.78, 5) is 0. The highest BCUT2D eigenvalue weighted by Gasteiger charge is 2.16. The molecule has 14 heavy (non-hydrogen) atoms. The Morgan fingerprint density at radius 3 is 2.36 bits per heavy atom. The van der Waals surface area contributed by atoms with Crippen molar-refractivity contribution in [1.29, 1.82) is 0 Å². The van der Waals surface area contributed by atoms with Crippen molar-refractivity contribution in [3.05, 3.63) is 35.4 Å². The first-order valence-corrected chi connectivity index (χ1v) is 4.58. The van der Waals surface area contributed by atoms with Crippen molar-refractivity contribution < 1.29 is 8.78 Å². The van der Waals surface area contributed by atoms with E-state index in [0.717, 1.165) is 11.6 Å². The molecule has 0 radical (unpaired) electrons. The molecule has 0 spiro atoms. The lowest BCUT2D eigenvalue weighted by Crippen LogP contribution is -2.25. The fraction of sp³-hybridized carbons (Fsp3) is 0.455. The third-order valence-electron chi connectivity index (χ3n) is 2.22. The minimum Gasteiger partial charge on any atom is -0.330 e. The number of rotatable bonds is 3. The summed E-state index contributed by atoms with van der Waals surface area (Å²) < 4.78 is 25.5. The molecule has 1 rings (SSSR count). The molecule has 0 saturated carbocycles. The van der Waals surface area contributed by atoms with E-state index in [-0.39, 0.29) is 5.41 Å². The quantitative estimate of drug-likeness (QED) is 0.795. The minimum atomic E-state index is -0.806. The van der Waals surface area contributed by atoms with Crippen molar-refractivity contribution in [2.75, 3.05) is 6.54 Å². The second-order valence-corrected chi connectivity index (χ2v) is 4.29. The Morgan fingerprint density at radius 1 is 1.21 bits per heavy atom. The average Bonchev–Trinajstić information content (AvgIpc) is 2.11. The van der Waals surface area contributed by atoms with Crippen molar-refractivity contribution >= 4 is 0 Å². The summed E-state index contributed by atoms with van der Waals surface area (Å²) in [7, 11) is 0. The zero-order valence-electron chi connectivity index (χ0n) is 8.48. The highest BCUT2D eigenvalue weighted by atomic mass is 19.2. The SMILES string of the molecule is CC(C)(CN)Cc1ccc(F)c(F)c1. The van der Waals surface area contributed by atoms with Gasteiger partial charge >= 0.3 is 0 Å². The Hall–Kier alpha value is -0.960.